The fraction of sp³-hybridized carbons (Fsp3) is 0.500. The number of nitrogens with zero attached hydrogens (tertiary/aromatic N) is 1. The molecule has 1 aromatic rings. The number of rotatable bonds is 2. The third-order valence-corrected chi connectivity index (χ3v) is 1.62. The van der Waals surface area contributed by atoms with Crippen LogP contribution in [0.15, 0.2) is 12.4 Å². The Labute approximate surface area is 101 Å². The second-order valence-electron chi connectivity index (χ2n) is 4.42. The summed E-state index contributed by atoms with van der Waals surface area (Å²) in [5, 5.41) is 2.63. The first-order valence-electron chi connectivity index (χ1n) is 5.42. The summed E-state index contributed by atoms with van der Waals surface area (Å²) in [4.78, 5) is 18.1. The predicted molar refractivity (Wildman–Crippen MR) is 64.3 cm³/mol. The summed E-state index contributed by atoms with van der Waals surface area (Å²) in [6, 6.07) is 0. The van der Waals surface area contributed by atoms with E-state index in [0.717, 1.165) is 0 Å². The van der Waals surface area contributed by atoms with E-state index in [1.165, 1.54) is 0 Å². The van der Waals surface area contributed by atoms with E-state index < -0.39 is 11.7 Å². The Balaban J connectivity index is 2.18. The number of hydrogen-bond donors (Lipinski definition) is 2. The van der Waals surface area contributed by atoms with Gasteiger partial charge in [0.15, 0.2) is 5.82 Å². The third-order valence-electron chi connectivity index (χ3n) is 1.62. The Morgan fingerprint density at radius 1 is 1.59 bits per heavy atom. The lowest BCUT2D eigenvalue weighted by atomic mass is 10.2. The van der Waals surface area contributed by atoms with Crippen molar-refractivity contribution in [2.45, 2.75) is 32.8 Å². The van der Waals surface area contributed by atoms with Crippen molar-refractivity contribution in [3.05, 3.63) is 18.2 Å². The molecule has 0 aliphatic rings. The van der Waals surface area contributed by atoms with Crippen LogP contribution in [0.25, 0.3) is 0 Å². The first kappa shape index (κ1) is 13.1. The van der Waals surface area contributed by atoms with Gasteiger partial charge in [-0.1, -0.05) is 5.92 Å². The van der Waals surface area contributed by atoms with Crippen molar-refractivity contribution in [1.82, 2.24) is 15.3 Å². The summed E-state index contributed by atoms with van der Waals surface area (Å²) in [5.41, 5.74) is -0.468. The smallest absolute Gasteiger partial charge is 0.407 e. The van der Waals surface area contributed by atoms with Crippen molar-refractivity contribution in [2.75, 3.05) is 6.54 Å². The zero-order valence-electron chi connectivity index (χ0n) is 10.3. The first-order chi connectivity index (χ1) is 7.97. The normalized spacial score (nSPS) is 10.3. The lowest BCUT2D eigenvalue weighted by molar-refractivity contribution is 0.0529. The molecular weight excluding hydrogens is 218 g/mol. The van der Waals surface area contributed by atoms with Crippen LogP contribution in [-0.2, 0) is 4.74 Å². The summed E-state index contributed by atoms with van der Waals surface area (Å²) in [5.74, 6) is 6.36. The Bertz CT molecular complexity index is 407. The standard InChI is InChI=1S/C12H17N3O2/c1-12(2,3)17-11(16)15-7-5-4-6-10-13-8-9-14-10/h8-9H,5,7H2,1-3H3,(H,13,14)(H,15,16). The topological polar surface area (TPSA) is 67.0 Å². The van der Waals surface area contributed by atoms with Crippen molar-refractivity contribution in [3.8, 4) is 11.8 Å². The molecule has 1 rings (SSSR count). The van der Waals surface area contributed by atoms with E-state index in [1.807, 2.05) is 20.8 Å². The van der Waals surface area contributed by atoms with E-state index in [0.29, 0.717) is 18.8 Å². The number of carbonyl (C=O) groups excluding carboxylic acids is 1. The Kier molecular flexibility index (Phi) is 4.58. The van der Waals surface area contributed by atoms with E-state index in [1.54, 1.807) is 12.4 Å². The molecule has 0 aliphatic carbocycles. The first-order valence-corrected chi connectivity index (χ1v) is 5.42. The largest absolute Gasteiger partial charge is 0.444 e. The van der Waals surface area contributed by atoms with Gasteiger partial charge in [0.25, 0.3) is 0 Å². The number of amides is 1. The highest BCUT2D eigenvalue weighted by Crippen LogP contribution is 2.06. The molecule has 0 fully saturated rings. The Morgan fingerprint density at radius 2 is 2.35 bits per heavy atom. The number of nitrogens with one attached hydrogen (secondary N) is 2. The van der Waals surface area contributed by atoms with Crippen molar-refractivity contribution in [1.29, 1.82) is 0 Å². The molecule has 0 aliphatic heterocycles. The molecule has 5 heteroatoms. The van der Waals surface area contributed by atoms with Crippen LogP contribution in [0.1, 0.15) is 33.0 Å². The van der Waals surface area contributed by atoms with E-state index in [9.17, 15) is 4.79 Å². The van der Waals surface area contributed by atoms with Crippen molar-refractivity contribution >= 4 is 6.09 Å². The number of aromatic nitrogens is 2. The van der Waals surface area contributed by atoms with Gasteiger partial charge in [-0.05, 0) is 26.7 Å². The maximum absolute atomic E-state index is 11.3. The molecule has 0 bridgehead atoms. The zero-order valence-corrected chi connectivity index (χ0v) is 10.3. The molecule has 0 aromatic carbocycles. The number of aromatic amines is 1. The van der Waals surface area contributed by atoms with Gasteiger partial charge in [-0.2, -0.15) is 0 Å². The minimum Gasteiger partial charge on any atom is -0.444 e. The highest BCUT2D eigenvalue weighted by Gasteiger charge is 2.15. The predicted octanol–water partition coefficient (Wildman–Crippen LogP) is 1.68. The molecule has 0 saturated carbocycles. The van der Waals surface area contributed by atoms with Crippen molar-refractivity contribution in [2.24, 2.45) is 0 Å². The zero-order chi connectivity index (χ0) is 12.7. The highest BCUT2D eigenvalue weighted by molar-refractivity contribution is 5.67. The van der Waals surface area contributed by atoms with Gasteiger partial charge in [-0.3, -0.25) is 0 Å². The number of H-pyrrole nitrogens is 1. The van der Waals surface area contributed by atoms with Gasteiger partial charge >= 0.3 is 6.09 Å². The summed E-state index contributed by atoms with van der Waals surface area (Å²) < 4.78 is 5.07. The van der Waals surface area contributed by atoms with Gasteiger partial charge in [-0.15, -0.1) is 0 Å². The summed E-state index contributed by atoms with van der Waals surface area (Å²) in [6.07, 6.45) is 3.49. The molecule has 0 radical (unpaired) electrons. The van der Waals surface area contributed by atoms with Gasteiger partial charge < -0.3 is 15.0 Å². The van der Waals surface area contributed by atoms with Gasteiger partial charge in [-0.25, -0.2) is 9.78 Å². The maximum Gasteiger partial charge on any atom is 0.407 e. The van der Waals surface area contributed by atoms with E-state index in [4.69, 9.17) is 4.74 Å². The van der Waals surface area contributed by atoms with Gasteiger partial charge in [0, 0.05) is 25.4 Å². The van der Waals surface area contributed by atoms with Crippen LogP contribution in [0, 0.1) is 11.8 Å². The SMILES string of the molecule is CC(C)(C)OC(=O)NCCC#Cc1ncc[nH]1. The molecule has 5 nitrogen and oxygen atoms in total. The average molecular weight is 235 g/mol. The quantitative estimate of drug-likeness (QED) is 0.605. The molecule has 92 valence electrons. The molecule has 0 atom stereocenters. The number of alkyl carbamates (subject to hydrolysis) is 1. The van der Waals surface area contributed by atoms with Crippen LogP contribution in [-0.4, -0.2) is 28.2 Å². The molecule has 2 N–H and O–H groups in total. The van der Waals surface area contributed by atoms with Gasteiger partial charge in [0.05, 0.1) is 0 Å². The van der Waals surface area contributed by atoms with Crippen LogP contribution < -0.4 is 5.32 Å². The van der Waals surface area contributed by atoms with Gasteiger partial charge in [0.1, 0.15) is 5.60 Å². The highest BCUT2D eigenvalue weighted by atomic mass is 16.6. The van der Waals surface area contributed by atoms with Gasteiger partial charge in [0.2, 0.25) is 0 Å². The maximum atomic E-state index is 11.3. The minimum absolute atomic E-state index is 0.419. The number of ether oxygens (including phenoxy) is 1. The summed E-state index contributed by atoms with van der Waals surface area (Å²) >= 11 is 0. The number of carbonyl (C=O) groups is 1. The molecule has 1 amide bonds. The Morgan fingerprint density at radius 3 is 2.94 bits per heavy atom. The van der Waals surface area contributed by atoms with Crippen molar-refractivity contribution < 1.29 is 9.53 Å². The summed E-state index contributed by atoms with van der Waals surface area (Å²) in [7, 11) is 0. The average Bonchev–Trinajstić information content (AvgIpc) is 2.67. The second-order valence-corrected chi connectivity index (χ2v) is 4.42. The molecule has 0 spiro atoms. The van der Waals surface area contributed by atoms with E-state index in [-0.39, 0.29) is 0 Å². The molecule has 1 aromatic heterocycles. The van der Waals surface area contributed by atoms with Crippen LogP contribution in [0.3, 0.4) is 0 Å². The molecule has 0 saturated heterocycles. The minimum atomic E-state index is -0.468. The number of hydrogen-bond acceptors (Lipinski definition) is 3. The number of imidazole rings is 1. The fourth-order valence-corrected chi connectivity index (χ4v) is 1.02. The van der Waals surface area contributed by atoms with Crippen LogP contribution in [0.2, 0.25) is 0 Å². The second kappa shape index (κ2) is 5.94. The third kappa shape index (κ3) is 6.25. The lowest BCUT2D eigenvalue weighted by Gasteiger charge is -2.19. The lowest BCUT2D eigenvalue weighted by Crippen LogP contribution is -2.32. The Hall–Kier alpha value is -1.96. The molecule has 1 heterocycles. The molecular formula is C12H17N3O2. The van der Waals surface area contributed by atoms with E-state index in [2.05, 4.69) is 27.1 Å². The van der Waals surface area contributed by atoms with Crippen molar-refractivity contribution in [3.63, 3.8) is 0 Å². The van der Waals surface area contributed by atoms with Crippen LogP contribution in [0.4, 0.5) is 4.79 Å². The summed E-state index contributed by atoms with van der Waals surface area (Å²) in [6.45, 7) is 5.93. The molecule has 0 unspecified atom stereocenters. The monoisotopic (exact) mass is 235 g/mol. The van der Waals surface area contributed by atoms with Crippen LogP contribution in [0.5, 0.6) is 0 Å². The fourth-order valence-electron chi connectivity index (χ4n) is 1.02. The van der Waals surface area contributed by atoms with E-state index >= 15 is 0 Å². The van der Waals surface area contributed by atoms with Crippen LogP contribution >= 0.6 is 0 Å². The molecule has 17 heavy (non-hydrogen) atoms.